The average Bonchev–Trinajstić information content (AvgIpc) is 3.23. The number of rotatable bonds is 48. The van der Waals surface area contributed by atoms with Crippen LogP contribution in [0.1, 0.15) is 298 Å². The molecule has 0 aromatic carbocycles. The summed E-state index contributed by atoms with van der Waals surface area (Å²) < 4.78 is 16.8. The van der Waals surface area contributed by atoms with Crippen LogP contribution in [0.15, 0.2) is 0 Å². The van der Waals surface area contributed by atoms with E-state index in [9.17, 15) is 14.4 Å². The third-order valence-electron chi connectivity index (χ3n) is 12.6. The molecule has 0 bridgehead atoms. The van der Waals surface area contributed by atoms with E-state index in [1.54, 1.807) is 0 Å². The van der Waals surface area contributed by atoms with Crippen molar-refractivity contribution in [3.05, 3.63) is 0 Å². The Hall–Kier alpha value is -1.59. The number of esters is 3. The van der Waals surface area contributed by atoms with Gasteiger partial charge < -0.3 is 14.2 Å². The maximum Gasteiger partial charge on any atom is 0.306 e. The van der Waals surface area contributed by atoms with Crippen molar-refractivity contribution in [1.29, 1.82) is 0 Å². The molecule has 0 aliphatic heterocycles. The van der Waals surface area contributed by atoms with Gasteiger partial charge in [0.15, 0.2) is 6.10 Å². The molecule has 0 heterocycles. The van der Waals surface area contributed by atoms with E-state index in [4.69, 9.17) is 14.2 Å². The van der Waals surface area contributed by atoms with Crippen molar-refractivity contribution in [2.45, 2.75) is 304 Å². The fourth-order valence-corrected chi connectivity index (χ4v) is 8.13. The summed E-state index contributed by atoms with van der Waals surface area (Å²) in [6.07, 6.45) is 48.0. The second kappa shape index (κ2) is 46.9. The molecule has 0 rings (SSSR count). The Labute approximate surface area is 374 Å². The largest absolute Gasteiger partial charge is 0.462 e. The molecule has 0 aromatic heterocycles. The van der Waals surface area contributed by atoms with Crippen LogP contribution in [0, 0.1) is 11.8 Å². The molecule has 0 N–H and O–H groups in total. The zero-order valence-corrected chi connectivity index (χ0v) is 41.1. The third-order valence-corrected chi connectivity index (χ3v) is 12.6. The molecule has 0 amide bonds. The molecule has 6 nitrogen and oxygen atoms in total. The van der Waals surface area contributed by atoms with Gasteiger partial charge in [-0.2, -0.15) is 0 Å². The van der Waals surface area contributed by atoms with Gasteiger partial charge in [-0.1, -0.05) is 259 Å². The lowest BCUT2D eigenvalue weighted by Crippen LogP contribution is -2.30. The van der Waals surface area contributed by atoms with Crippen molar-refractivity contribution in [2.24, 2.45) is 11.8 Å². The number of carbonyl (C=O) groups is 3. The van der Waals surface area contributed by atoms with Crippen LogP contribution in [0.3, 0.4) is 0 Å². The van der Waals surface area contributed by atoms with E-state index in [1.807, 2.05) is 0 Å². The van der Waals surface area contributed by atoms with E-state index in [2.05, 4.69) is 34.6 Å². The maximum atomic E-state index is 12.7. The normalized spacial score (nSPS) is 12.5. The SMILES string of the molecule is CCCCCCCCCCCCC(=O)O[C@@H](COC(=O)CCCCCCCCCCCCCCCCC(C)CC)COC(=O)CCCCCCCCCCCCCC(C)C. The van der Waals surface area contributed by atoms with Gasteiger partial charge in [-0.15, -0.1) is 0 Å². The second-order valence-corrected chi connectivity index (χ2v) is 19.2. The molecule has 60 heavy (non-hydrogen) atoms. The van der Waals surface area contributed by atoms with Gasteiger partial charge in [0.2, 0.25) is 0 Å². The van der Waals surface area contributed by atoms with Gasteiger partial charge in [0, 0.05) is 19.3 Å². The first-order chi connectivity index (χ1) is 29.3. The van der Waals surface area contributed by atoms with Crippen molar-refractivity contribution >= 4 is 17.9 Å². The molecule has 0 fully saturated rings. The van der Waals surface area contributed by atoms with E-state index in [0.29, 0.717) is 19.3 Å². The Kier molecular flexibility index (Phi) is 45.7. The van der Waals surface area contributed by atoms with Gasteiger partial charge in [0.05, 0.1) is 0 Å². The number of ether oxygens (including phenoxy) is 3. The molecular weight excluding hydrogens is 745 g/mol. The molecule has 0 aromatic rings. The molecule has 0 radical (unpaired) electrons. The molecule has 2 atom stereocenters. The number of unbranched alkanes of at least 4 members (excludes halogenated alkanes) is 32. The van der Waals surface area contributed by atoms with Crippen molar-refractivity contribution in [2.75, 3.05) is 13.2 Å². The first-order valence-corrected chi connectivity index (χ1v) is 26.8. The van der Waals surface area contributed by atoms with Crippen LogP contribution in [0.4, 0.5) is 0 Å². The Morgan fingerprint density at radius 2 is 0.633 bits per heavy atom. The van der Waals surface area contributed by atoms with Crippen LogP contribution in [-0.2, 0) is 28.6 Å². The van der Waals surface area contributed by atoms with Crippen LogP contribution < -0.4 is 0 Å². The molecule has 356 valence electrons. The summed E-state index contributed by atoms with van der Waals surface area (Å²) in [5.74, 6) is 0.876. The predicted molar refractivity (Wildman–Crippen MR) is 256 cm³/mol. The van der Waals surface area contributed by atoms with Crippen LogP contribution in [0.5, 0.6) is 0 Å². The van der Waals surface area contributed by atoms with E-state index < -0.39 is 6.10 Å². The van der Waals surface area contributed by atoms with E-state index >= 15 is 0 Å². The quantitative estimate of drug-likeness (QED) is 0.0345. The fourth-order valence-electron chi connectivity index (χ4n) is 8.13. The lowest BCUT2D eigenvalue weighted by atomic mass is 9.99. The summed E-state index contributed by atoms with van der Waals surface area (Å²) >= 11 is 0. The molecule has 0 spiro atoms. The van der Waals surface area contributed by atoms with E-state index in [0.717, 1.165) is 69.6 Å². The monoisotopic (exact) mass is 849 g/mol. The summed E-state index contributed by atoms with van der Waals surface area (Å²) in [5, 5.41) is 0. The van der Waals surface area contributed by atoms with Crippen molar-refractivity contribution < 1.29 is 28.6 Å². The molecular formula is C54H104O6. The van der Waals surface area contributed by atoms with Gasteiger partial charge in [0.1, 0.15) is 13.2 Å². The summed E-state index contributed by atoms with van der Waals surface area (Å²) in [7, 11) is 0. The third kappa shape index (κ3) is 45.9. The fraction of sp³-hybridized carbons (Fsp3) is 0.944. The standard InChI is InChI=1S/C54H104O6/c1-6-8-9-10-11-12-24-31-36-41-46-54(57)60-51(48-59-53(56)45-40-35-30-26-21-17-18-22-27-32-37-42-49(3)4)47-58-52(55)44-39-34-29-25-20-16-14-13-15-19-23-28-33-38-43-50(5)7-2/h49-51H,6-48H2,1-5H3/t50?,51-/m0/s1. The van der Waals surface area contributed by atoms with Crippen molar-refractivity contribution in [3.63, 3.8) is 0 Å². The highest BCUT2D eigenvalue weighted by atomic mass is 16.6. The highest BCUT2D eigenvalue weighted by Crippen LogP contribution is 2.18. The van der Waals surface area contributed by atoms with Crippen molar-refractivity contribution in [3.8, 4) is 0 Å². The van der Waals surface area contributed by atoms with Gasteiger partial charge in [0.25, 0.3) is 0 Å². The Morgan fingerprint density at radius 3 is 0.950 bits per heavy atom. The summed E-state index contributed by atoms with van der Waals surface area (Å²) in [4.78, 5) is 37.9. The number of hydrogen-bond acceptors (Lipinski definition) is 6. The Balaban J connectivity index is 4.25. The highest BCUT2D eigenvalue weighted by molar-refractivity contribution is 5.71. The zero-order valence-electron chi connectivity index (χ0n) is 41.1. The lowest BCUT2D eigenvalue weighted by Gasteiger charge is -2.18. The first kappa shape index (κ1) is 58.4. The first-order valence-electron chi connectivity index (χ1n) is 26.8. The van der Waals surface area contributed by atoms with Crippen LogP contribution >= 0.6 is 0 Å². The van der Waals surface area contributed by atoms with Gasteiger partial charge >= 0.3 is 17.9 Å². The Morgan fingerprint density at radius 1 is 0.350 bits per heavy atom. The van der Waals surface area contributed by atoms with Crippen molar-refractivity contribution in [1.82, 2.24) is 0 Å². The topological polar surface area (TPSA) is 78.9 Å². The minimum Gasteiger partial charge on any atom is -0.462 e. The molecule has 1 unspecified atom stereocenters. The Bertz CT molecular complexity index is 918. The zero-order chi connectivity index (χ0) is 44.0. The smallest absolute Gasteiger partial charge is 0.306 e. The van der Waals surface area contributed by atoms with Crippen LogP contribution in [-0.4, -0.2) is 37.2 Å². The van der Waals surface area contributed by atoms with Gasteiger partial charge in [-0.25, -0.2) is 0 Å². The molecule has 0 saturated carbocycles. The lowest BCUT2D eigenvalue weighted by molar-refractivity contribution is -0.167. The minimum atomic E-state index is -0.761. The summed E-state index contributed by atoms with van der Waals surface area (Å²) in [6, 6.07) is 0. The molecule has 0 aliphatic rings. The highest BCUT2D eigenvalue weighted by Gasteiger charge is 2.19. The average molecular weight is 849 g/mol. The molecule has 6 heteroatoms. The summed E-state index contributed by atoms with van der Waals surface area (Å²) in [5.41, 5.74) is 0. The van der Waals surface area contributed by atoms with E-state index in [1.165, 1.54) is 186 Å². The second-order valence-electron chi connectivity index (χ2n) is 19.2. The number of hydrogen-bond donors (Lipinski definition) is 0. The van der Waals surface area contributed by atoms with E-state index in [-0.39, 0.29) is 31.1 Å². The predicted octanol–water partition coefficient (Wildman–Crippen LogP) is 17.3. The van der Waals surface area contributed by atoms with Crippen LogP contribution in [0.25, 0.3) is 0 Å². The maximum absolute atomic E-state index is 12.7. The summed E-state index contributed by atoms with van der Waals surface area (Å²) in [6.45, 7) is 11.4. The van der Waals surface area contributed by atoms with Crippen LogP contribution in [0.2, 0.25) is 0 Å². The minimum absolute atomic E-state index is 0.0634. The van der Waals surface area contributed by atoms with Gasteiger partial charge in [-0.3, -0.25) is 14.4 Å². The molecule has 0 aliphatic carbocycles. The van der Waals surface area contributed by atoms with Gasteiger partial charge in [-0.05, 0) is 31.1 Å². The molecule has 0 saturated heterocycles. The number of carbonyl (C=O) groups excluding carboxylic acids is 3.